The van der Waals surface area contributed by atoms with Crippen LogP contribution in [-0.2, 0) is 24.2 Å². The van der Waals surface area contributed by atoms with Crippen LogP contribution in [0.5, 0.6) is 5.75 Å². The van der Waals surface area contributed by atoms with Gasteiger partial charge in [-0.05, 0) is 74.8 Å². The van der Waals surface area contributed by atoms with Gasteiger partial charge in [0.15, 0.2) is 5.82 Å². The van der Waals surface area contributed by atoms with Gasteiger partial charge in [-0.3, -0.25) is 9.69 Å². The van der Waals surface area contributed by atoms with Crippen LogP contribution >= 0.6 is 0 Å². The summed E-state index contributed by atoms with van der Waals surface area (Å²) < 4.78 is 6.48. The average molecular weight is 559 g/mol. The Hall–Kier alpha value is -3.45. The largest absolute Gasteiger partial charge is 0.488 e. The second kappa shape index (κ2) is 13.0. The Morgan fingerprint density at radius 2 is 1.73 bits per heavy atom. The molecule has 0 saturated carbocycles. The summed E-state index contributed by atoms with van der Waals surface area (Å²) in [6, 6.07) is 12.4. The molecule has 1 aromatic heterocycles. The molecule has 220 valence electrons. The molecule has 7 heteroatoms. The van der Waals surface area contributed by atoms with E-state index in [9.17, 15) is 9.90 Å². The van der Waals surface area contributed by atoms with Gasteiger partial charge in [0.1, 0.15) is 24.2 Å². The number of hydrogen-bond donors (Lipinski definition) is 1. The molecule has 0 radical (unpaired) electrons. The second-order valence-corrected chi connectivity index (χ2v) is 11.6. The third kappa shape index (κ3) is 6.56. The number of carboxylic acids is 1. The first-order valence-corrected chi connectivity index (χ1v) is 15.0. The first kappa shape index (κ1) is 30.5. The van der Waals surface area contributed by atoms with Gasteiger partial charge >= 0.3 is 5.97 Å². The third-order valence-electron chi connectivity index (χ3n) is 8.50. The van der Waals surface area contributed by atoms with Crippen molar-refractivity contribution >= 4 is 11.8 Å². The van der Waals surface area contributed by atoms with Gasteiger partial charge in [-0.1, -0.05) is 58.0 Å². The molecule has 0 spiro atoms. The van der Waals surface area contributed by atoms with Crippen LogP contribution in [0.3, 0.4) is 0 Å². The van der Waals surface area contributed by atoms with Gasteiger partial charge < -0.3 is 14.7 Å². The van der Waals surface area contributed by atoms with E-state index in [1.807, 2.05) is 0 Å². The van der Waals surface area contributed by atoms with Crippen LogP contribution in [0.1, 0.15) is 81.0 Å². The monoisotopic (exact) mass is 558 g/mol. The number of benzene rings is 2. The molecule has 7 nitrogen and oxygen atoms in total. The Labute approximate surface area is 245 Å². The molecule has 0 amide bonds. The van der Waals surface area contributed by atoms with Crippen molar-refractivity contribution in [3.05, 3.63) is 69.9 Å². The van der Waals surface area contributed by atoms with E-state index in [0.29, 0.717) is 32.2 Å². The second-order valence-electron chi connectivity index (χ2n) is 11.6. The fourth-order valence-electron chi connectivity index (χ4n) is 5.82. The molecule has 3 aromatic rings. The first-order chi connectivity index (χ1) is 19.5. The summed E-state index contributed by atoms with van der Waals surface area (Å²) in [7, 11) is 0. The molecule has 1 aliphatic heterocycles. The van der Waals surface area contributed by atoms with Gasteiger partial charge in [0.2, 0.25) is 0 Å². The van der Waals surface area contributed by atoms with Crippen LogP contribution in [0.25, 0.3) is 11.4 Å². The van der Waals surface area contributed by atoms with E-state index in [-0.39, 0.29) is 6.04 Å². The molecule has 2 aromatic carbocycles. The summed E-state index contributed by atoms with van der Waals surface area (Å²) in [5, 5.41) is 9.64. The van der Waals surface area contributed by atoms with E-state index in [0.717, 1.165) is 52.6 Å². The SMILES string of the molecule is CCc1cccc(CC)c1-c1nc(C)c(COc2cc(C(C)C)ccc2C)c(N2CCN(C(C)C(=O)O)C(C)C2)n1. The number of anilines is 1. The lowest BCUT2D eigenvalue weighted by molar-refractivity contribution is -0.143. The van der Waals surface area contributed by atoms with Crippen LogP contribution < -0.4 is 9.64 Å². The number of aromatic nitrogens is 2. The third-order valence-corrected chi connectivity index (χ3v) is 8.50. The van der Waals surface area contributed by atoms with Gasteiger partial charge in [-0.2, -0.15) is 0 Å². The summed E-state index contributed by atoms with van der Waals surface area (Å²) in [6.07, 6.45) is 1.81. The highest BCUT2D eigenvalue weighted by molar-refractivity contribution is 5.73. The molecular weight excluding hydrogens is 512 g/mol. The van der Waals surface area contributed by atoms with Crippen molar-refractivity contribution in [1.82, 2.24) is 14.9 Å². The van der Waals surface area contributed by atoms with E-state index in [1.54, 1.807) is 6.92 Å². The standard InChI is InChI=1S/C34H46N4O3/c1-9-26-12-11-13-27(10-2)31(26)32-35-24(7)29(20-41-30-18-28(21(3)4)15-14-22(30)5)33(36-32)37-16-17-38(23(6)19-37)25(8)34(39)40/h11-15,18,21,23,25H,9-10,16-17,19-20H2,1-8H3,(H,39,40). The topological polar surface area (TPSA) is 78.8 Å². The Bertz CT molecular complexity index is 1360. The van der Waals surface area contributed by atoms with Crippen molar-refractivity contribution < 1.29 is 14.6 Å². The number of piperazine rings is 1. The van der Waals surface area contributed by atoms with Gasteiger partial charge in [0.25, 0.3) is 0 Å². The number of carboxylic acid groups (broad SMARTS) is 1. The Kier molecular flexibility index (Phi) is 9.69. The van der Waals surface area contributed by atoms with Crippen LogP contribution in [0.2, 0.25) is 0 Å². The number of aryl methyl sites for hydroxylation is 4. The van der Waals surface area contributed by atoms with Gasteiger partial charge in [-0.25, -0.2) is 9.97 Å². The number of aliphatic carboxylic acids is 1. The van der Waals surface area contributed by atoms with Crippen LogP contribution in [0.4, 0.5) is 5.82 Å². The van der Waals surface area contributed by atoms with E-state index < -0.39 is 12.0 Å². The summed E-state index contributed by atoms with van der Waals surface area (Å²) >= 11 is 0. The van der Waals surface area contributed by atoms with E-state index in [4.69, 9.17) is 14.7 Å². The number of carbonyl (C=O) groups is 1. The normalized spacial score (nSPS) is 16.7. The van der Waals surface area contributed by atoms with Crippen LogP contribution in [0.15, 0.2) is 36.4 Å². The molecule has 0 bridgehead atoms. The zero-order valence-corrected chi connectivity index (χ0v) is 26.0. The highest BCUT2D eigenvalue weighted by atomic mass is 16.5. The first-order valence-electron chi connectivity index (χ1n) is 15.0. The summed E-state index contributed by atoms with van der Waals surface area (Å²) in [5.41, 5.74) is 7.84. The van der Waals surface area contributed by atoms with Crippen molar-refractivity contribution in [3.8, 4) is 17.1 Å². The maximum absolute atomic E-state index is 11.7. The maximum Gasteiger partial charge on any atom is 0.320 e. The number of nitrogens with zero attached hydrogens (tertiary/aromatic N) is 4. The highest BCUT2D eigenvalue weighted by Crippen LogP contribution is 2.33. The molecule has 1 fully saturated rings. The molecule has 4 rings (SSSR count). The zero-order chi connectivity index (χ0) is 29.8. The predicted octanol–water partition coefficient (Wildman–Crippen LogP) is 6.57. The number of ether oxygens (including phenoxy) is 1. The number of hydrogen-bond acceptors (Lipinski definition) is 6. The Morgan fingerprint density at radius 3 is 2.32 bits per heavy atom. The van der Waals surface area contributed by atoms with Gasteiger partial charge in [-0.15, -0.1) is 0 Å². The smallest absolute Gasteiger partial charge is 0.320 e. The molecule has 41 heavy (non-hydrogen) atoms. The van der Waals surface area contributed by atoms with Crippen LogP contribution in [-0.4, -0.2) is 57.7 Å². The zero-order valence-electron chi connectivity index (χ0n) is 26.0. The lowest BCUT2D eigenvalue weighted by Crippen LogP contribution is -2.57. The molecular formula is C34H46N4O3. The molecule has 2 atom stereocenters. The predicted molar refractivity (Wildman–Crippen MR) is 166 cm³/mol. The molecule has 2 heterocycles. The maximum atomic E-state index is 11.7. The Morgan fingerprint density at radius 1 is 1.05 bits per heavy atom. The van der Waals surface area contributed by atoms with Crippen molar-refractivity contribution in [3.63, 3.8) is 0 Å². The summed E-state index contributed by atoms with van der Waals surface area (Å²) in [6.45, 7) is 19.1. The van der Waals surface area contributed by atoms with Gasteiger partial charge in [0.05, 0.1) is 11.3 Å². The number of rotatable bonds is 10. The fourth-order valence-corrected chi connectivity index (χ4v) is 5.82. The minimum Gasteiger partial charge on any atom is -0.488 e. The molecule has 2 unspecified atom stereocenters. The van der Waals surface area contributed by atoms with Crippen molar-refractivity contribution in [1.29, 1.82) is 0 Å². The molecule has 1 aliphatic rings. The quantitative estimate of drug-likeness (QED) is 0.301. The van der Waals surface area contributed by atoms with Crippen molar-refractivity contribution in [2.24, 2.45) is 0 Å². The van der Waals surface area contributed by atoms with Crippen molar-refractivity contribution in [2.75, 3.05) is 24.5 Å². The van der Waals surface area contributed by atoms with E-state index in [1.165, 1.54) is 16.7 Å². The highest BCUT2D eigenvalue weighted by Gasteiger charge is 2.32. The van der Waals surface area contributed by atoms with Crippen molar-refractivity contribution in [2.45, 2.75) is 92.8 Å². The van der Waals surface area contributed by atoms with E-state index >= 15 is 0 Å². The van der Waals surface area contributed by atoms with Crippen LogP contribution in [0, 0.1) is 13.8 Å². The fraction of sp³-hybridized carbons (Fsp3) is 0.500. The lowest BCUT2D eigenvalue weighted by atomic mass is 9.96. The summed E-state index contributed by atoms with van der Waals surface area (Å²) in [5.74, 6) is 2.14. The molecule has 1 saturated heterocycles. The Balaban J connectivity index is 1.77. The molecule has 0 aliphatic carbocycles. The minimum absolute atomic E-state index is 0.0569. The summed E-state index contributed by atoms with van der Waals surface area (Å²) in [4.78, 5) is 26.4. The molecule has 1 N–H and O–H groups in total. The minimum atomic E-state index is -0.790. The van der Waals surface area contributed by atoms with Gasteiger partial charge in [0, 0.05) is 31.2 Å². The van der Waals surface area contributed by atoms with E-state index in [2.05, 4.69) is 94.7 Å². The lowest BCUT2D eigenvalue weighted by Gasteiger charge is -2.42. The average Bonchev–Trinajstić information content (AvgIpc) is 2.95.